The number of rotatable bonds is 4. The molecule has 0 radical (unpaired) electrons. The van der Waals surface area contributed by atoms with Gasteiger partial charge in [-0.15, -0.1) is 0 Å². The Bertz CT molecular complexity index is 615. The van der Waals surface area contributed by atoms with Crippen LogP contribution in [-0.4, -0.2) is 9.97 Å². The predicted octanol–water partition coefficient (Wildman–Crippen LogP) is 4.53. The highest BCUT2D eigenvalue weighted by Crippen LogP contribution is 2.26. The van der Waals surface area contributed by atoms with Gasteiger partial charge in [-0.2, -0.15) is 5.26 Å². The fourth-order valence-corrected chi connectivity index (χ4v) is 2.30. The molecule has 0 saturated heterocycles. The maximum atomic E-state index is 9.14. The number of aryl methyl sites for hydroxylation is 1. The molecule has 0 amide bonds. The first kappa shape index (κ1) is 14.3. The van der Waals surface area contributed by atoms with Crippen molar-refractivity contribution in [3.8, 4) is 17.3 Å². The molecule has 1 atom stereocenters. The van der Waals surface area contributed by atoms with Gasteiger partial charge in [-0.05, 0) is 24.8 Å². The molecule has 1 heterocycles. The molecule has 0 aliphatic carbocycles. The molecule has 0 aliphatic rings. The third kappa shape index (κ3) is 2.75. The van der Waals surface area contributed by atoms with Crippen LogP contribution in [0.4, 0.5) is 0 Å². The van der Waals surface area contributed by atoms with E-state index in [2.05, 4.69) is 54.2 Å². The third-order valence-corrected chi connectivity index (χ3v) is 3.65. The van der Waals surface area contributed by atoms with Gasteiger partial charge in [0.1, 0.15) is 11.7 Å². The summed E-state index contributed by atoms with van der Waals surface area (Å²) in [5.74, 6) is 1.15. The smallest absolute Gasteiger partial charge is 0.124 e. The summed E-state index contributed by atoms with van der Waals surface area (Å²) in [6.07, 6.45) is 0.773. The summed E-state index contributed by atoms with van der Waals surface area (Å²) in [6.45, 7) is 8.38. The highest BCUT2D eigenvalue weighted by molar-refractivity contribution is 5.62. The highest BCUT2D eigenvalue weighted by Gasteiger charge is 2.15. The molecule has 2 aromatic rings. The minimum Gasteiger partial charge on any atom is -0.344 e. The van der Waals surface area contributed by atoms with Crippen LogP contribution in [0.2, 0.25) is 0 Å². The standard InChI is InChI=1S/C17H21N3/c1-5-13(10-18)17-19-12(4)16(20-17)15-8-6-14(7-9-15)11(2)3/h6-9,11,13H,5H2,1-4H3,(H,19,20). The van der Waals surface area contributed by atoms with E-state index < -0.39 is 0 Å². The van der Waals surface area contributed by atoms with Crippen LogP contribution in [-0.2, 0) is 0 Å². The zero-order valence-corrected chi connectivity index (χ0v) is 12.6. The molecular formula is C17H21N3. The number of hydrogen-bond donors (Lipinski definition) is 1. The number of imidazole rings is 1. The molecule has 1 aromatic carbocycles. The molecular weight excluding hydrogens is 246 g/mol. The Morgan fingerprint density at radius 3 is 2.40 bits per heavy atom. The first-order valence-corrected chi connectivity index (χ1v) is 7.13. The van der Waals surface area contributed by atoms with Crippen molar-refractivity contribution >= 4 is 0 Å². The molecule has 104 valence electrons. The molecule has 0 saturated carbocycles. The van der Waals surface area contributed by atoms with Crippen molar-refractivity contribution < 1.29 is 0 Å². The van der Waals surface area contributed by atoms with Crippen molar-refractivity contribution in [2.75, 3.05) is 0 Å². The average Bonchev–Trinajstić information content (AvgIpc) is 2.82. The van der Waals surface area contributed by atoms with Gasteiger partial charge in [-0.25, -0.2) is 4.98 Å². The summed E-state index contributed by atoms with van der Waals surface area (Å²) in [5, 5.41) is 9.14. The van der Waals surface area contributed by atoms with Crippen LogP contribution in [0.25, 0.3) is 11.3 Å². The van der Waals surface area contributed by atoms with Gasteiger partial charge >= 0.3 is 0 Å². The second-order valence-electron chi connectivity index (χ2n) is 5.46. The van der Waals surface area contributed by atoms with E-state index in [0.717, 1.165) is 29.2 Å². The number of nitrogens with one attached hydrogen (secondary N) is 1. The fraction of sp³-hybridized carbons (Fsp3) is 0.412. The van der Waals surface area contributed by atoms with Gasteiger partial charge in [-0.1, -0.05) is 45.0 Å². The SMILES string of the molecule is CCC(C#N)c1nc(-c2ccc(C(C)C)cc2)c(C)[nH]1. The van der Waals surface area contributed by atoms with Crippen LogP contribution in [0.5, 0.6) is 0 Å². The van der Waals surface area contributed by atoms with E-state index in [-0.39, 0.29) is 5.92 Å². The molecule has 2 rings (SSSR count). The lowest BCUT2D eigenvalue weighted by Crippen LogP contribution is -1.96. The van der Waals surface area contributed by atoms with E-state index in [1.807, 2.05) is 13.8 Å². The maximum Gasteiger partial charge on any atom is 0.124 e. The van der Waals surface area contributed by atoms with Crippen molar-refractivity contribution in [3.05, 3.63) is 41.3 Å². The van der Waals surface area contributed by atoms with E-state index in [9.17, 15) is 0 Å². The van der Waals surface area contributed by atoms with Gasteiger partial charge in [0, 0.05) is 11.3 Å². The third-order valence-electron chi connectivity index (χ3n) is 3.65. The molecule has 0 spiro atoms. The van der Waals surface area contributed by atoms with Crippen molar-refractivity contribution in [1.82, 2.24) is 9.97 Å². The monoisotopic (exact) mass is 267 g/mol. The lowest BCUT2D eigenvalue weighted by molar-refractivity contribution is 0.764. The predicted molar refractivity (Wildman–Crippen MR) is 81.5 cm³/mol. The summed E-state index contributed by atoms with van der Waals surface area (Å²) in [6, 6.07) is 10.8. The van der Waals surface area contributed by atoms with Gasteiger partial charge in [0.05, 0.1) is 11.8 Å². The number of aromatic amines is 1. The molecule has 1 unspecified atom stereocenters. The Kier molecular flexibility index (Phi) is 4.24. The summed E-state index contributed by atoms with van der Waals surface area (Å²) in [7, 11) is 0. The van der Waals surface area contributed by atoms with Crippen molar-refractivity contribution in [1.29, 1.82) is 5.26 Å². The molecule has 0 fully saturated rings. The number of hydrogen-bond acceptors (Lipinski definition) is 2. The lowest BCUT2D eigenvalue weighted by atomic mass is 10.0. The summed E-state index contributed by atoms with van der Waals surface area (Å²) in [5.41, 5.74) is 4.39. The Morgan fingerprint density at radius 2 is 1.90 bits per heavy atom. The molecule has 0 bridgehead atoms. The van der Waals surface area contributed by atoms with Gasteiger partial charge < -0.3 is 4.98 Å². The van der Waals surface area contributed by atoms with Gasteiger partial charge in [0.15, 0.2) is 0 Å². The first-order chi connectivity index (χ1) is 9.56. The summed E-state index contributed by atoms with van der Waals surface area (Å²) >= 11 is 0. The van der Waals surface area contributed by atoms with Crippen LogP contribution >= 0.6 is 0 Å². The van der Waals surface area contributed by atoms with Crippen molar-refractivity contribution in [3.63, 3.8) is 0 Å². The number of aromatic nitrogens is 2. The Labute approximate surface area is 120 Å². The molecule has 1 aromatic heterocycles. The maximum absolute atomic E-state index is 9.14. The number of nitriles is 1. The Morgan fingerprint density at radius 1 is 1.25 bits per heavy atom. The van der Waals surface area contributed by atoms with E-state index in [1.54, 1.807) is 0 Å². The minimum atomic E-state index is -0.155. The van der Waals surface area contributed by atoms with E-state index in [1.165, 1.54) is 5.56 Å². The van der Waals surface area contributed by atoms with Crippen LogP contribution in [0.1, 0.15) is 56.1 Å². The summed E-state index contributed by atoms with van der Waals surface area (Å²) < 4.78 is 0. The van der Waals surface area contributed by atoms with Crippen LogP contribution < -0.4 is 0 Å². The van der Waals surface area contributed by atoms with Gasteiger partial charge in [-0.3, -0.25) is 0 Å². The minimum absolute atomic E-state index is 0.155. The number of nitrogens with zero attached hydrogens (tertiary/aromatic N) is 2. The van der Waals surface area contributed by atoms with E-state index >= 15 is 0 Å². The second kappa shape index (κ2) is 5.92. The largest absolute Gasteiger partial charge is 0.344 e. The molecule has 3 nitrogen and oxygen atoms in total. The van der Waals surface area contributed by atoms with Crippen molar-refractivity contribution in [2.45, 2.75) is 46.0 Å². The average molecular weight is 267 g/mol. The van der Waals surface area contributed by atoms with Crippen LogP contribution in [0.3, 0.4) is 0 Å². The van der Waals surface area contributed by atoms with Gasteiger partial charge in [0.2, 0.25) is 0 Å². The van der Waals surface area contributed by atoms with Crippen LogP contribution in [0.15, 0.2) is 24.3 Å². The fourth-order valence-electron chi connectivity index (χ4n) is 2.30. The van der Waals surface area contributed by atoms with E-state index in [0.29, 0.717) is 5.92 Å². The topological polar surface area (TPSA) is 52.5 Å². The quantitative estimate of drug-likeness (QED) is 0.885. The Hall–Kier alpha value is -2.08. The second-order valence-corrected chi connectivity index (χ2v) is 5.46. The molecule has 20 heavy (non-hydrogen) atoms. The normalized spacial score (nSPS) is 12.4. The Balaban J connectivity index is 2.36. The van der Waals surface area contributed by atoms with Crippen molar-refractivity contribution in [2.24, 2.45) is 0 Å². The molecule has 0 aliphatic heterocycles. The zero-order valence-electron chi connectivity index (χ0n) is 12.6. The summed E-state index contributed by atoms with van der Waals surface area (Å²) in [4.78, 5) is 7.87. The zero-order chi connectivity index (χ0) is 14.7. The molecule has 1 N–H and O–H groups in total. The van der Waals surface area contributed by atoms with Gasteiger partial charge in [0.25, 0.3) is 0 Å². The highest BCUT2D eigenvalue weighted by atomic mass is 14.9. The van der Waals surface area contributed by atoms with Crippen LogP contribution in [0, 0.1) is 18.3 Å². The van der Waals surface area contributed by atoms with E-state index in [4.69, 9.17) is 5.26 Å². The number of benzene rings is 1. The number of H-pyrrole nitrogens is 1. The first-order valence-electron chi connectivity index (χ1n) is 7.13. The lowest BCUT2D eigenvalue weighted by Gasteiger charge is -2.06. The molecule has 3 heteroatoms.